The lowest BCUT2D eigenvalue weighted by Crippen LogP contribution is -2.48. The Morgan fingerprint density at radius 1 is 1.36 bits per heavy atom. The number of piperidine rings is 1. The fraction of sp³-hybridized carbons (Fsp3) is 0.588. The molecule has 0 radical (unpaired) electrons. The predicted octanol–water partition coefficient (Wildman–Crippen LogP) is 2.34. The van der Waals surface area contributed by atoms with Crippen LogP contribution in [-0.2, 0) is 0 Å². The molecule has 7 nitrogen and oxygen atoms in total. The van der Waals surface area contributed by atoms with E-state index in [9.17, 15) is 14.9 Å². The minimum absolute atomic E-state index is 0. The average Bonchev–Trinajstić information content (AvgIpc) is 3.10. The lowest BCUT2D eigenvalue weighted by molar-refractivity contribution is -0.384. The largest absolute Gasteiger partial charge is 0.366 e. The number of hydrogen-bond acceptors (Lipinski definition) is 5. The molecule has 138 valence electrons. The summed E-state index contributed by atoms with van der Waals surface area (Å²) in [6, 6.07) is 4.93. The maximum Gasteiger partial charge on any atom is 0.293 e. The highest BCUT2D eigenvalue weighted by atomic mass is 35.5. The number of benzene rings is 1. The average molecular weight is 369 g/mol. The zero-order chi connectivity index (χ0) is 17.1. The molecular formula is C17H25ClN4O3. The summed E-state index contributed by atoms with van der Waals surface area (Å²) in [5, 5.41) is 17.8. The Bertz CT molecular complexity index is 634. The van der Waals surface area contributed by atoms with Crippen molar-refractivity contribution in [3.8, 4) is 0 Å². The number of nitro benzene ring substituents is 1. The molecular weight excluding hydrogens is 344 g/mol. The Balaban J connectivity index is 0.00000225. The van der Waals surface area contributed by atoms with Crippen LogP contribution in [0.25, 0.3) is 0 Å². The van der Waals surface area contributed by atoms with E-state index in [1.54, 1.807) is 12.1 Å². The molecule has 2 heterocycles. The summed E-state index contributed by atoms with van der Waals surface area (Å²) in [4.78, 5) is 25.6. The van der Waals surface area contributed by atoms with Gasteiger partial charge >= 0.3 is 0 Å². The van der Waals surface area contributed by atoms with Crippen molar-refractivity contribution in [3.05, 3.63) is 33.9 Å². The van der Waals surface area contributed by atoms with Crippen molar-refractivity contribution in [3.63, 3.8) is 0 Å². The Hall–Kier alpha value is -1.86. The SMILES string of the molecule is CC1CNCCC1NC(=O)c1ccc(N2CCCC2)c([N+](=O)[O-])c1.Cl. The maximum absolute atomic E-state index is 12.5. The van der Waals surface area contributed by atoms with Gasteiger partial charge in [-0.2, -0.15) is 0 Å². The summed E-state index contributed by atoms with van der Waals surface area (Å²) in [6.07, 6.45) is 2.97. The van der Waals surface area contributed by atoms with Crippen LogP contribution in [0.15, 0.2) is 18.2 Å². The zero-order valence-corrected chi connectivity index (χ0v) is 15.2. The highest BCUT2D eigenvalue weighted by molar-refractivity contribution is 5.96. The Kier molecular flexibility index (Phi) is 6.61. The molecule has 0 aromatic heterocycles. The summed E-state index contributed by atoms with van der Waals surface area (Å²) in [7, 11) is 0. The molecule has 1 amide bonds. The Morgan fingerprint density at radius 3 is 2.72 bits per heavy atom. The molecule has 2 unspecified atom stereocenters. The monoisotopic (exact) mass is 368 g/mol. The molecule has 2 aliphatic heterocycles. The number of anilines is 1. The smallest absolute Gasteiger partial charge is 0.293 e. The van der Waals surface area contributed by atoms with Gasteiger partial charge in [-0.05, 0) is 50.4 Å². The van der Waals surface area contributed by atoms with Gasteiger partial charge in [0.2, 0.25) is 0 Å². The van der Waals surface area contributed by atoms with E-state index in [2.05, 4.69) is 17.6 Å². The van der Waals surface area contributed by atoms with Crippen LogP contribution in [0.1, 0.15) is 36.5 Å². The van der Waals surface area contributed by atoms with Crippen molar-refractivity contribution in [2.45, 2.75) is 32.2 Å². The molecule has 0 bridgehead atoms. The molecule has 2 fully saturated rings. The number of nitrogens with one attached hydrogen (secondary N) is 2. The minimum Gasteiger partial charge on any atom is -0.366 e. The van der Waals surface area contributed by atoms with Crippen LogP contribution >= 0.6 is 12.4 Å². The first kappa shape index (κ1) is 19.5. The van der Waals surface area contributed by atoms with Gasteiger partial charge in [0.05, 0.1) is 4.92 Å². The van der Waals surface area contributed by atoms with Crippen LogP contribution in [0.5, 0.6) is 0 Å². The van der Waals surface area contributed by atoms with E-state index >= 15 is 0 Å². The summed E-state index contributed by atoms with van der Waals surface area (Å²) < 4.78 is 0. The summed E-state index contributed by atoms with van der Waals surface area (Å²) >= 11 is 0. The second-order valence-corrected chi connectivity index (χ2v) is 6.70. The predicted molar refractivity (Wildman–Crippen MR) is 99.7 cm³/mol. The van der Waals surface area contributed by atoms with Crippen molar-refractivity contribution in [1.82, 2.24) is 10.6 Å². The van der Waals surface area contributed by atoms with Crippen molar-refractivity contribution < 1.29 is 9.72 Å². The first-order valence-electron chi connectivity index (χ1n) is 8.61. The lowest BCUT2D eigenvalue weighted by Gasteiger charge is -2.30. The first-order valence-corrected chi connectivity index (χ1v) is 8.61. The van der Waals surface area contributed by atoms with Gasteiger partial charge in [-0.3, -0.25) is 14.9 Å². The third kappa shape index (κ3) is 4.41. The fourth-order valence-electron chi connectivity index (χ4n) is 3.52. The second kappa shape index (κ2) is 8.49. The van der Waals surface area contributed by atoms with Gasteiger partial charge in [-0.1, -0.05) is 6.92 Å². The minimum atomic E-state index is -0.391. The summed E-state index contributed by atoms with van der Waals surface area (Å²) in [5.41, 5.74) is 0.988. The van der Waals surface area contributed by atoms with Crippen LogP contribution < -0.4 is 15.5 Å². The van der Waals surface area contributed by atoms with Gasteiger partial charge < -0.3 is 15.5 Å². The normalized spacial score (nSPS) is 23.0. The summed E-state index contributed by atoms with van der Waals surface area (Å²) in [6.45, 7) is 5.51. The molecule has 2 N–H and O–H groups in total. The van der Waals surface area contributed by atoms with Crippen LogP contribution in [0.3, 0.4) is 0 Å². The summed E-state index contributed by atoms with van der Waals surface area (Å²) in [5.74, 6) is 0.117. The number of nitro groups is 1. The van der Waals surface area contributed by atoms with Crippen molar-refractivity contribution in [2.75, 3.05) is 31.1 Å². The standard InChI is InChI=1S/C17H24N4O3.ClH/c1-12-11-18-7-6-14(12)19-17(22)13-4-5-15(16(10-13)21(23)24)20-8-2-3-9-20;/h4-5,10,12,14,18H,2-3,6-9,11H2,1H3,(H,19,22);1H. The molecule has 0 spiro atoms. The van der Waals surface area contributed by atoms with E-state index in [1.807, 2.05) is 4.90 Å². The number of nitrogens with zero attached hydrogens (tertiary/aromatic N) is 2. The van der Waals surface area contributed by atoms with Gasteiger partial charge in [0, 0.05) is 30.8 Å². The third-order valence-corrected chi connectivity index (χ3v) is 4.98. The number of amides is 1. The van der Waals surface area contributed by atoms with Gasteiger partial charge in [-0.25, -0.2) is 0 Å². The quantitative estimate of drug-likeness (QED) is 0.629. The van der Waals surface area contributed by atoms with E-state index in [1.165, 1.54) is 6.07 Å². The van der Waals surface area contributed by atoms with E-state index < -0.39 is 4.92 Å². The maximum atomic E-state index is 12.5. The molecule has 2 atom stereocenters. The Morgan fingerprint density at radius 2 is 2.08 bits per heavy atom. The first-order chi connectivity index (χ1) is 11.6. The number of halogens is 1. The molecule has 2 saturated heterocycles. The molecule has 25 heavy (non-hydrogen) atoms. The van der Waals surface area contributed by atoms with Gasteiger partial charge in [0.15, 0.2) is 0 Å². The molecule has 1 aromatic carbocycles. The number of hydrogen-bond donors (Lipinski definition) is 2. The molecule has 0 aliphatic carbocycles. The molecule has 3 rings (SSSR count). The van der Waals surface area contributed by atoms with Crippen molar-refractivity contribution in [2.24, 2.45) is 5.92 Å². The molecule has 0 saturated carbocycles. The topological polar surface area (TPSA) is 87.5 Å². The third-order valence-electron chi connectivity index (χ3n) is 4.98. The van der Waals surface area contributed by atoms with Crippen LogP contribution in [0, 0.1) is 16.0 Å². The fourth-order valence-corrected chi connectivity index (χ4v) is 3.52. The van der Waals surface area contributed by atoms with Crippen LogP contribution in [-0.4, -0.2) is 43.1 Å². The molecule has 8 heteroatoms. The second-order valence-electron chi connectivity index (χ2n) is 6.70. The van der Waals surface area contributed by atoms with E-state index in [4.69, 9.17) is 0 Å². The highest BCUT2D eigenvalue weighted by Crippen LogP contribution is 2.31. The van der Waals surface area contributed by atoms with E-state index in [-0.39, 0.29) is 30.0 Å². The van der Waals surface area contributed by atoms with Gasteiger partial charge in [0.25, 0.3) is 11.6 Å². The molecule has 2 aliphatic rings. The zero-order valence-electron chi connectivity index (χ0n) is 14.4. The van der Waals surface area contributed by atoms with E-state index in [0.29, 0.717) is 17.2 Å². The lowest BCUT2D eigenvalue weighted by atomic mass is 9.95. The number of carbonyl (C=O) groups excluding carboxylic acids is 1. The molecule has 1 aromatic rings. The Labute approximate surface area is 153 Å². The van der Waals surface area contributed by atoms with Gasteiger partial charge in [0.1, 0.15) is 5.69 Å². The van der Waals surface area contributed by atoms with E-state index in [0.717, 1.165) is 45.4 Å². The highest BCUT2D eigenvalue weighted by Gasteiger charge is 2.26. The van der Waals surface area contributed by atoms with Crippen LogP contribution in [0.2, 0.25) is 0 Å². The van der Waals surface area contributed by atoms with Crippen molar-refractivity contribution in [1.29, 1.82) is 0 Å². The number of carbonyl (C=O) groups is 1. The van der Waals surface area contributed by atoms with Crippen LogP contribution in [0.4, 0.5) is 11.4 Å². The van der Waals surface area contributed by atoms with Gasteiger partial charge in [-0.15, -0.1) is 12.4 Å². The van der Waals surface area contributed by atoms with Crippen molar-refractivity contribution >= 4 is 29.7 Å². The number of rotatable bonds is 4.